The van der Waals surface area contributed by atoms with Gasteiger partial charge in [-0.25, -0.2) is 18.3 Å². The Hall–Kier alpha value is -3.76. The van der Waals surface area contributed by atoms with Crippen molar-refractivity contribution < 1.29 is 22.7 Å². The van der Waals surface area contributed by atoms with Gasteiger partial charge in [0.25, 0.3) is 5.92 Å². The molecule has 1 N–H and O–H groups in total. The summed E-state index contributed by atoms with van der Waals surface area (Å²) in [5, 5.41) is 7.11. The molecule has 0 bridgehead atoms. The van der Waals surface area contributed by atoms with Crippen LogP contribution in [0.5, 0.6) is 5.88 Å². The second kappa shape index (κ2) is 7.68. The molecule has 3 aromatic heterocycles. The van der Waals surface area contributed by atoms with Gasteiger partial charge in [-0.1, -0.05) is 6.07 Å². The highest BCUT2D eigenvalue weighted by molar-refractivity contribution is 5.89. The first-order valence-electron chi connectivity index (χ1n) is 10.5. The van der Waals surface area contributed by atoms with Crippen molar-refractivity contribution in [1.29, 1.82) is 0 Å². The van der Waals surface area contributed by atoms with Gasteiger partial charge in [-0.2, -0.15) is 4.98 Å². The van der Waals surface area contributed by atoms with Crippen molar-refractivity contribution in [2.24, 2.45) is 0 Å². The van der Waals surface area contributed by atoms with E-state index in [1.54, 1.807) is 17.6 Å². The van der Waals surface area contributed by atoms with Crippen molar-refractivity contribution in [2.45, 2.75) is 32.2 Å². The zero-order chi connectivity index (χ0) is 23.3. The van der Waals surface area contributed by atoms with Crippen molar-refractivity contribution >= 4 is 28.5 Å². The standard InChI is InChI=1S/C22H22F2N6O3/c1-12-25-16-5-4-14(10-17(16)33-12)15-6-9-30-19(15)20(32-3)27-21(28-30)26-18-7-8-29(13(2)31)11-22(18,23)24/h4-6,9-10,18H,7-8,11H2,1-3H3,(H,26,28)/t18-/m1/s1. The molecule has 1 atom stereocenters. The van der Waals surface area contributed by atoms with E-state index in [9.17, 15) is 13.6 Å². The molecule has 33 heavy (non-hydrogen) atoms. The van der Waals surface area contributed by atoms with E-state index in [1.165, 1.54) is 14.0 Å². The molecule has 0 saturated carbocycles. The molecule has 0 radical (unpaired) electrons. The largest absolute Gasteiger partial charge is 0.479 e. The summed E-state index contributed by atoms with van der Waals surface area (Å²) in [7, 11) is 1.46. The second-order valence-corrected chi connectivity index (χ2v) is 8.07. The van der Waals surface area contributed by atoms with Gasteiger partial charge in [0.05, 0.1) is 19.7 Å². The molecule has 0 aliphatic carbocycles. The first-order chi connectivity index (χ1) is 15.7. The number of fused-ring (bicyclic) bond motifs is 2. The minimum atomic E-state index is -3.12. The number of benzene rings is 1. The number of hydrogen-bond acceptors (Lipinski definition) is 7. The third kappa shape index (κ3) is 3.73. The molecule has 1 amide bonds. The number of methoxy groups -OCH3 is 1. The summed E-state index contributed by atoms with van der Waals surface area (Å²) in [5.41, 5.74) is 3.66. The summed E-state index contributed by atoms with van der Waals surface area (Å²) in [6, 6.07) is 6.29. The third-order valence-electron chi connectivity index (χ3n) is 5.83. The van der Waals surface area contributed by atoms with Crippen LogP contribution in [0.1, 0.15) is 19.2 Å². The maximum atomic E-state index is 14.7. The lowest BCUT2D eigenvalue weighted by Crippen LogP contribution is -2.55. The molecular formula is C22H22F2N6O3. The summed E-state index contributed by atoms with van der Waals surface area (Å²) in [5.74, 6) is -2.66. The molecule has 5 rings (SSSR count). The summed E-state index contributed by atoms with van der Waals surface area (Å²) in [6.45, 7) is 2.67. The molecule has 1 saturated heterocycles. The number of oxazole rings is 1. The van der Waals surface area contributed by atoms with Crippen LogP contribution in [-0.4, -0.2) is 62.6 Å². The Balaban J connectivity index is 1.48. The zero-order valence-corrected chi connectivity index (χ0v) is 18.3. The fourth-order valence-corrected chi connectivity index (χ4v) is 4.18. The number of aromatic nitrogens is 4. The van der Waals surface area contributed by atoms with Gasteiger partial charge < -0.3 is 19.4 Å². The second-order valence-electron chi connectivity index (χ2n) is 8.07. The summed E-state index contributed by atoms with van der Waals surface area (Å²) < 4.78 is 42.0. The molecule has 4 heterocycles. The number of anilines is 1. The van der Waals surface area contributed by atoms with E-state index in [2.05, 4.69) is 20.4 Å². The average Bonchev–Trinajstić information content (AvgIpc) is 3.36. The topological polar surface area (TPSA) is 97.8 Å². The van der Waals surface area contributed by atoms with E-state index in [1.807, 2.05) is 24.3 Å². The maximum absolute atomic E-state index is 14.7. The number of carbonyl (C=O) groups excluding carboxylic acids is 1. The van der Waals surface area contributed by atoms with Gasteiger partial charge in [-0.15, -0.1) is 5.10 Å². The van der Waals surface area contributed by atoms with Crippen molar-refractivity contribution in [3.05, 3.63) is 36.4 Å². The summed E-state index contributed by atoms with van der Waals surface area (Å²) >= 11 is 0. The van der Waals surface area contributed by atoms with Crippen LogP contribution in [0.25, 0.3) is 27.7 Å². The number of hydrogen-bond donors (Lipinski definition) is 1. The van der Waals surface area contributed by atoms with E-state index < -0.39 is 18.5 Å². The number of halogens is 2. The van der Waals surface area contributed by atoms with Crippen LogP contribution in [0, 0.1) is 6.92 Å². The summed E-state index contributed by atoms with van der Waals surface area (Å²) in [6.07, 6.45) is 1.79. The number of piperidine rings is 1. The fourth-order valence-electron chi connectivity index (χ4n) is 4.18. The Labute approximate surface area is 187 Å². The number of nitrogens with one attached hydrogen (secondary N) is 1. The molecular weight excluding hydrogens is 434 g/mol. The van der Waals surface area contributed by atoms with Crippen molar-refractivity contribution in [1.82, 2.24) is 24.5 Å². The molecule has 172 valence electrons. The number of likely N-dealkylation sites (tertiary alicyclic amines) is 1. The lowest BCUT2D eigenvalue weighted by atomic mass is 10.0. The van der Waals surface area contributed by atoms with Crippen LogP contribution >= 0.6 is 0 Å². The van der Waals surface area contributed by atoms with Gasteiger partial charge in [0, 0.05) is 32.2 Å². The van der Waals surface area contributed by atoms with Gasteiger partial charge >= 0.3 is 0 Å². The van der Waals surface area contributed by atoms with Gasteiger partial charge in [-0.3, -0.25) is 4.79 Å². The molecule has 1 aromatic carbocycles. The maximum Gasteiger partial charge on any atom is 0.285 e. The van der Waals surface area contributed by atoms with E-state index >= 15 is 0 Å². The van der Waals surface area contributed by atoms with Crippen molar-refractivity contribution in [2.75, 3.05) is 25.5 Å². The van der Waals surface area contributed by atoms with Gasteiger partial charge in [0.2, 0.25) is 17.7 Å². The van der Waals surface area contributed by atoms with Crippen molar-refractivity contribution in [3.8, 4) is 17.0 Å². The third-order valence-corrected chi connectivity index (χ3v) is 5.83. The first kappa shape index (κ1) is 21.1. The highest BCUT2D eigenvalue weighted by atomic mass is 19.3. The molecule has 9 nitrogen and oxygen atoms in total. The van der Waals surface area contributed by atoms with E-state index in [0.717, 1.165) is 21.5 Å². The Morgan fingerprint density at radius 3 is 2.85 bits per heavy atom. The quantitative estimate of drug-likeness (QED) is 0.502. The SMILES string of the molecule is COc1nc(N[C@@H]2CCN(C(C)=O)CC2(F)F)nn2ccc(-c3ccc4nc(C)oc4c3)c12. The number of nitrogens with zero attached hydrogens (tertiary/aromatic N) is 5. The fraction of sp³-hybridized carbons (Fsp3) is 0.364. The van der Waals surface area contributed by atoms with Crippen LogP contribution in [0.4, 0.5) is 14.7 Å². The predicted molar refractivity (Wildman–Crippen MR) is 117 cm³/mol. The van der Waals surface area contributed by atoms with Crippen LogP contribution in [0.2, 0.25) is 0 Å². The molecule has 0 unspecified atom stereocenters. The lowest BCUT2D eigenvalue weighted by Gasteiger charge is -2.38. The first-order valence-corrected chi connectivity index (χ1v) is 10.5. The van der Waals surface area contributed by atoms with Crippen LogP contribution in [-0.2, 0) is 4.79 Å². The number of carbonyl (C=O) groups is 1. The monoisotopic (exact) mass is 456 g/mol. The minimum absolute atomic E-state index is 0.0174. The number of rotatable bonds is 4. The number of ether oxygens (including phenoxy) is 1. The smallest absolute Gasteiger partial charge is 0.285 e. The zero-order valence-electron chi connectivity index (χ0n) is 18.3. The van der Waals surface area contributed by atoms with E-state index in [-0.39, 0.29) is 30.7 Å². The van der Waals surface area contributed by atoms with Crippen LogP contribution in [0.3, 0.4) is 0 Å². The van der Waals surface area contributed by atoms with Crippen LogP contribution in [0.15, 0.2) is 34.9 Å². The van der Waals surface area contributed by atoms with Gasteiger partial charge in [-0.05, 0) is 30.2 Å². The van der Waals surface area contributed by atoms with E-state index in [4.69, 9.17) is 9.15 Å². The van der Waals surface area contributed by atoms with E-state index in [0.29, 0.717) is 17.0 Å². The Bertz CT molecular complexity index is 1370. The average molecular weight is 456 g/mol. The normalized spacial score (nSPS) is 18.1. The Morgan fingerprint density at radius 2 is 2.12 bits per heavy atom. The highest BCUT2D eigenvalue weighted by Gasteiger charge is 2.45. The van der Waals surface area contributed by atoms with Crippen molar-refractivity contribution in [3.63, 3.8) is 0 Å². The minimum Gasteiger partial charge on any atom is -0.479 e. The predicted octanol–water partition coefficient (Wildman–Crippen LogP) is 3.52. The number of alkyl halides is 2. The highest BCUT2D eigenvalue weighted by Crippen LogP contribution is 2.34. The molecule has 4 aromatic rings. The lowest BCUT2D eigenvalue weighted by molar-refractivity contribution is -0.140. The van der Waals surface area contributed by atoms with Gasteiger partial charge in [0.15, 0.2) is 11.5 Å². The number of amides is 1. The molecule has 11 heteroatoms. The van der Waals surface area contributed by atoms with Gasteiger partial charge in [0.1, 0.15) is 11.0 Å². The molecule has 0 spiro atoms. The molecule has 1 aliphatic rings. The summed E-state index contributed by atoms with van der Waals surface area (Å²) in [4.78, 5) is 21.3. The Kier molecular flexibility index (Phi) is 4.91. The number of aryl methyl sites for hydroxylation is 1. The Morgan fingerprint density at radius 1 is 1.30 bits per heavy atom. The molecule has 1 aliphatic heterocycles. The molecule has 1 fully saturated rings. The van der Waals surface area contributed by atoms with Crippen LogP contribution < -0.4 is 10.1 Å².